The molecule has 2 saturated heterocycles. The van der Waals surface area contributed by atoms with Crippen molar-refractivity contribution in [1.29, 1.82) is 0 Å². The van der Waals surface area contributed by atoms with Gasteiger partial charge in [0.2, 0.25) is 0 Å². The molecule has 8 rings (SSSR count). The van der Waals surface area contributed by atoms with Gasteiger partial charge in [0.1, 0.15) is 0 Å². The molecule has 11 nitrogen and oxygen atoms in total. The number of carbonyl (C=O) groups excluding carboxylic acids is 4. The summed E-state index contributed by atoms with van der Waals surface area (Å²) in [5.41, 5.74) is 6.98. The molecule has 5 aromatic rings. The summed E-state index contributed by atoms with van der Waals surface area (Å²) in [5, 5.41) is 5.70. The number of nitrogens with one attached hydrogen (secondary N) is 2. The second kappa shape index (κ2) is 12.8. The summed E-state index contributed by atoms with van der Waals surface area (Å²) in [6.45, 7) is 4.00. The molecule has 0 aliphatic carbocycles. The summed E-state index contributed by atoms with van der Waals surface area (Å²) in [6, 6.07) is 21.5. The molecule has 0 bridgehead atoms. The van der Waals surface area contributed by atoms with Crippen molar-refractivity contribution in [2.24, 2.45) is 0 Å². The molecule has 248 valence electrons. The van der Waals surface area contributed by atoms with Crippen LogP contribution in [0.4, 0.5) is 11.5 Å². The van der Waals surface area contributed by atoms with Crippen molar-refractivity contribution in [2.75, 3.05) is 18.4 Å². The molecule has 49 heavy (non-hydrogen) atoms. The van der Waals surface area contributed by atoms with Crippen molar-refractivity contribution in [3.05, 3.63) is 111 Å². The Morgan fingerprint density at radius 2 is 1.67 bits per heavy atom. The predicted octanol–water partition coefficient (Wildman–Crippen LogP) is 1.90. The van der Waals surface area contributed by atoms with E-state index in [2.05, 4.69) is 78.6 Å². The monoisotopic (exact) mass is 766 g/mol. The number of carbonyl (C=O) groups is 4. The SMILES string of the molecule is Cc1cccc(-c2cnc(Nc3ccc(C4CCN([I-]c5ccc6c(c5)C(=O)N(C5CCC(=O)NC5=O)C6=O)CC4)cc3)c3nccn23)c1. The van der Waals surface area contributed by atoms with E-state index in [9.17, 15) is 19.2 Å². The van der Waals surface area contributed by atoms with Crippen LogP contribution in [-0.4, -0.2) is 65.1 Å². The standard InChI is InChI=1S/C37H33IN7O4/c1-22-3-2-4-25(19-22)31-21-40-33(34-39-15-18-44(31)34)41-27-8-5-23(6-9-27)24-13-16-43(17-14-24)38-26-7-10-28-29(20-26)37(49)45(36(28)48)30-11-12-32(46)42-35(30)47/h2-10,15,18-21,24,30H,11-14,16-17H2,1H3,(H,40,41)(H,42,46,47)/q-1. The van der Waals surface area contributed by atoms with E-state index in [0.29, 0.717) is 22.9 Å². The number of amides is 4. The van der Waals surface area contributed by atoms with Crippen molar-refractivity contribution in [1.82, 2.24) is 27.7 Å². The second-order valence-corrected chi connectivity index (χ2v) is 15.7. The number of rotatable bonds is 7. The number of imidazole rings is 1. The fourth-order valence-corrected chi connectivity index (χ4v) is 9.52. The fourth-order valence-electron chi connectivity index (χ4n) is 6.90. The van der Waals surface area contributed by atoms with Gasteiger partial charge in [-0.25, -0.2) is 0 Å². The molecule has 4 amide bonds. The number of hydrogen-bond acceptors (Lipinski definition) is 8. The van der Waals surface area contributed by atoms with Gasteiger partial charge in [0.25, 0.3) is 0 Å². The maximum atomic E-state index is 13.3. The quantitative estimate of drug-likeness (QED) is 0.146. The van der Waals surface area contributed by atoms with E-state index in [1.165, 1.54) is 11.1 Å². The van der Waals surface area contributed by atoms with E-state index in [0.717, 1.165) is 57.0 Å². The first-order valence-corrected chi connectivity index (χ1v) is 18.4. The molecule has 0 radical (unpaired) electrons. The Bertz CT molecular complexity index is 2140. The molecule has 3 aliphatic heterocycles. The van der Waals surface area contributed by atoms with Crippen LogP contribution in [0.2, 0.25) is 0 Å². The smallest absolute Gasteiger partial charge is 0.0499 e. The normalized spacial score (nSPS) is 18.7. The van der Waals surface area contributed by atoms with Gasteiger partial charge < -0.3 is 0 Å². The van der Waals surface area contributed by atoms with Gasteiger partial charge in [0.15, 0.2) is 0 Å². The number of aryl methyl sites for hydroxylation is 1. The minimum atomic E-state index is -0.952. The van der Waals surface area contributed by atoms with Crippen LogP contribution in [0, 0.1) is 10.5 Å². The number of benzene rings is 3. The van der Waals surface area contributed by atoms with E-state index in [1.807, 2.05) is 24.5 Å². The van der Waals surface area contributed by atoms with Crippen LogP contribution < -0.4 is 32.1 Å². The van der Waals surface area contributed by atoms with E-state index in [-0.39, 0.29) is 18.7 Å². The van der Waals surface area contributed by atoms with Crippen LogP contribution in [-0.2, 0) is 9.59 Å². The van der Waals surface area contributed by atoms with Crippen molar-refractivity contribution < 1.29 is 40.7 Å². The van der Waals surface area contributed by atoms with E-state index in [1.54, 1.807) is 12.3 Å². The first-order valence-electron chi connectivity index (χ1n) is 16.3. The topological polar surface area (TPSA) is 129 Å². The molecule has 2 fully saturated rings. The number of nitrogens with zero attached hydrogens (tertiary/aromatic N) is 5. The van der Waals surface area contributed by atoms with Crippen molar-refractivity contribution in [2.45, 2.75) is 44.6 Å². The Balaban J connectivity index is 0.887. The minimum Gasteiger partial charge on any atom is -0.0499 e. The molecule has 5 heterocycles. The van der Waals surface area contributed by atoms with Gasteiger partial charge in [-0.3, -0.25) is 0 Å². The third kappa shape index (κ3) is 5.99. The number of anilines is 2. The Morgan fingerprint density at radius 3 is 2.45 bits per heavy atom. The van der Waals surface area contributed by atoms with Gasteiger partial charge >= 0.3 is 234 Å². The van der Waals surface area contributed by atoms with Gasteiger partial charge in [0, 0.05) is 18.0 Å². The van der Waals surface area contributed by atoms with Gasteiger partial charge in [-0.1, -0.05) is 23.8 Å². The molecule has 0 spiro atoms. The number of halogens is 1. The number of imide groups is 2. The molecule has 1 unspecified atom stereocenters. The number of fused-ring (bicyclic) bond motifs is 2. The van der Waals surface area contributed by atoms with E-state index in [4.69, 9.17) is 4.98 Å². The average Bonchev–Trinajstić information content (AvgIpc) is 3.69. The first kappa shape index (κ1) is 31.3. The van der Waals surface area contributed by atoms with Crippen molar-refractivity contribution in [3.8, 4) is 11.3 Å². The van der Waals surface area contributed by atoms with E-state index < -0.39 is 45.2 Å². The van der Waals surface area contributed by atoms with Crippen molar-refractivity contribution in [3.63, 3.8) is 0 Å². The van der Waals surface area contributed by atoms with Gasteiger partial charge in [-0.05, 0) is 13.0 Å². The predicted molar refractivity (Wildman–Crippen MR) is 178 cm³/mol. The van der Waals surface area contributed by atoms with Crippen molar-refractivity contribution >= 4 is 40.8 Å². The summed E-state index contributed by atoms with van der Waals surface area (Å²) in [6.07, 6.45) is 7.96. The Labute approximate surface area is 293 Å². The number of piperidine rings is 2. The summed E-state index contributed by atoms with van der Waals surface area (Å²) in [5.74, 6) is -0.740. The van der Waals surface area contributed by atoms with Crippen LogP contribution in [0.3, 0.4) is 0 Å². The van der Waals surface area contributed by atoms with Gasteiger partial charge in [-0.2, -0.15) is 0 Å². The Kier molecular flexibility index (Phi) is 8.20. The average molecular weight is 767 g/mol. The molecular weight excluding hydrogens is 733 g/mol. The number of hydrogen-bond donors (Lipinski definition) is 2. The van der Waals surface area contributed by atoms with E-state index >= 15 is 0 Å². The zero-order chi connectivity index (χ0) is 33.6. The van der Waals surface area contributed by atoms with Crippen LogP contribution >= 0.6 is 0 Å². The van der Waals surface area contributed by atoms with Crippen LogP contribution in [0.5, 0.6) is 0 Å². The number of aromatic nitrogens is 3. The summed E-state index contributed by atoms with van der Waals surface area (Å²) < 4.78 is 5.60. The Hall–Kier alpha value is -4.95. The summed E-state index contributed by atoms with van der Waals surface area (Å²) in [7, 11) is 0. The van der Waals surface area contributed by atoms with Crippen LogP contribution in [0.1, 0.15) is 63.4 Å². The molecule has 2 N–H and O–H groups in total. The molecule has 3 aromatic carbocycles. The maximum absolute atomic E-state index is 13.3. The second-order valence-electron chi connectivity index (χ2n) is 12.6. The molecule has 2 aromatic heterocycles. The van der Waals surface area contributed by atoms with Crippen LogP contribution in [0.25, 0.3) is 16.9 Å². The van der Waals surface area contributed by atoms with Gasteiger partial charge in [-0.15, -0.1) is 0 Å². The van der Waals surface area contributed by atoms with Gasteiger partial charge in [0.05, 0.1) is 5.69 Å². The molecule has 12 heteroatoms. The third-order valence-electron chi connectivity index (χ3n) is 9.45. The zero-order valence-corrected chi connectivity index (χ0v) is 28.9. The fraction of sp³-hybridized carbons (Fsp3) is 0.243. The Morgan fingerprint density at radius 1 is 0.878 bits per heavy atom. The molecule has 3 aliphatic rings. The first-order chi connectivity index (χ1) is 23.8. The molecule has 0 saturated carbocycles. The molecule has 1 atom stereocenters. The minimum absolute atomic E-state index is 0.105. The summed E-state index contributed by atoms with van der Waals surface area (Å²) >= 11 is -0.533. The molecular formula is C37H33IN7O4-. The van der Waals surface area contributed by atoms with Crippen LogP contribution in [0.15, 0.2) is 85.3 Å². The summed E-state index contributed by atoms with van der Waals surface area (Å²) in [4.78, 5) is 60.6. The third-order valence-corrected chi connectivity index (χ3v) is 12.3. The zero-order valence-electron chi connectivity index (χ0n) is 26.7.